The van der Waals surface area contributed by atoms with E-state index >= 15 is 0 Å². The molecule has 1 N–H and O–H groups in total. The first-order chi connectivity index (χ1) is 18.0. The molecule has 0 amide bonds. The van der Waals surface area contributed by atoms with E-state index in [0.717, 1.165) is 49.1 Å². The quantitative estimate of drug-likeness (QED) is 0.351. The van der Waals surface area contributed by atoms with Crippen molar-refractivity contribution in [3.05, 3.63) is 95.0 Å². The summed E-state index contributed by atoms with van der Waals surface area (Å²) in [6.07, 6.45) is 6.37. The summed E-state index contributed by atoms with van der Waals surface area (Å²) in [6, 6.07) is 19.2. The van der Waals surface area contributed by atoms with Gasteiger partial charge in [-0.25, -0.2) is 14.4 Å². The number of fused-ring (bicyclic) bond motifs is 1. The maximum Gasteiger partial charge on any atom is 0.160 e. The van der Waals surface area contributed by atoms with E-state index in [4.69, 9.17) is 11.6 Å². The van der Waals surface area contributed by atoms with Crippen molar-refractivity contribution < 1.29 is 4.39 Å². The summed E-state index contributed by atoms with van der Waals surface area (Å²) in [5.74, 6) is -0.372. The van der Waals surface area contributed by atoms with Crippen LogP contribution >= 0.6 is 11.6 Å². The molecule has 0 saturated carbocycles. The number of hydrogen-bond acceptors (Lipinski definition) is 5. The van der Waals surface area contributed by atoms with Crippen LogP contribution in [0.15, 0.2) is 78.1 Å². The topological polar surface area (TPSA) is 53.4 Å². The Morgan fingerprint density at radius 2 is 1.81 bits per heavy atom. The summed E-state index contributed by atoms with van der Waals surface area (Å²) in [7, 11) is 0. The Balaban J connectivity index is 1.37. The average Bonchev–Trinajstić information content (AvgIpc) is 2.94. The van der Waals surface area contributed by atoms with E-state index in [9.17, 15) is 4.39 Å². The number of benzene rings is 2. The molecule has 0 radical (unpaired) electrons. The lowest BCUT2D eigenvalue weighted by atomic mass is 9.75. The maximum atomic E-state index is 14.8. The maximum absolute atomic E-state index is 14.8. The lowest BCUT2D eigenvalue weighted by molar-refractivity contribution is 0.589. The monoisotopic (exact) mass is 511 g/mol. The molecule has 2 aromatic heterocycles. The van der Waals surface area contributed by atoms with Gasteiger partial charge in [-0.2, -0.15) is 0 Å². The number of allylic oxidation sites excluding steroid dienone is 1. The first-order valence-corrected chi connectivity index (χ1v) is 12.9. The van der Waals surface area contributed by atoms with Gasteiger partial charge in [0.2, 0.25) is 0 Å². The zero-order valence-electron chi connectivity index (χ0n) is 20.6. The van der Waals surface area contributed by atoms with Gasteiger partial charge in [0.15, 0.2) is 5.65 Å². The number of aliphatic imine (C=N–C) groups is 1. The van der Waals surface area contributed by atoms with Gasteiger partial charge in [0.25, 0.3) is 0 Å². The predicted molar refractivity (Wildman–Crippen MR) is 150 cm³/mol. The van der Waals surface area contributed by atoms with E-state index in [0.29, 0.717) is 21.9 Å². The molecule has 1 fully saturated rings. The number of nitrogens with one attached hydrogen (secondary N) is 1. The largest absolute Gasteiger partial charge is 0.369 e. The van der Waals surface area contributed by atoms with Crippen molar-refractivity contribution in [3.63, 3.8) is 0 Å². The van der Waals surface area contributed by atoms with Crippen LogP contribution in [0.25, 0.3) is 27.9 Å². The Kier molecular flexibility index (Phi) is 6.22. The molecule has 2 aliphatic rings. The summed E-state index contributed by atoms with van der Waals surface area (Å²) in [6.45, 7) is 6.27. The molecule has 2 aliphatic heterocycles. The molecule has 1 saturated heterocycles. The molecular weight excluding hydrogens is 485 g/mol. The van der Waals surface area contributed by atoms with Crippen LogP contribution in [-0.2, 0) is 5.41 Å². The van der Waals surface area contributed by atoms with E-state index in [1.54, 1.807) is 12.3 Å². The Hall–Kier alpha value is -3.61. The highest BCUT2D eigenvalue weighted by Gasteiger charge is 2.30. The molecule has 4 aromatic rings. The second kappa shape index (κ2) is 9.69. The molecule has 5 nitrogen and oxygen atoms in total. The molecule has 0 spiro atoms. The third kappa shape index (κ3) is 4.63. The van der Waals surface area contributed by atoms with Gasteiger partial charge in [0.1, 0.15) is 5.82 Å². The fourth-order valence-corrected chi connectivity index (χ4v) is 5.42. The number of anilines is 1. The number of pyridine rings is 2. The number of aromatic nitrogens is 2. The third-order valence-corrected chi connectivity index (χ3v) is 7.53. The minimum atomic E-state index is -0.372. The van der Waals surface area contributed by atoms with E-state index in [-0.39, 0.29) is 11.2 Å². The molecule has 1 atom stereocenters. The van der Waals surface area contributed by atoms with E-state index < -0.39 is 0 Å². The molecule has 0 bridgehead atoms. The van der Waals surface area contributed by atoms with Crippen molar-refractivity contribution in [1.29, 1.82) is 0 Å². The highest BCUT2D eigenvalue weighted by atomic mass is 35.5. The summed E-state index contributed by atoms with van der Waals surface area (Å²) in [5.41, 5.74) is 5.59. The predicted octanol–water partition coefficient (Wildman–Crippen LogP) is 6.27. The lowest BCUT2D eigenvalue weighted by Gasteiger charge is -2.32. The van der Waals surface area contributed by atoms with Gasteiger partial charge < -0.3 is 10.2 Å². The molecular formula is C30H27ClFN5. The molecule has 37 heavy (non-hydrogen) atoms. The molecule has 4 heterocycles. The van der Waals surface area contributed by atoms with Crippen LogP contribution < -0.4 is 10.2 Å². The summed E-state index contributed by atoms with van der Waals surface area (Å²) >= 11 is 6.19. The van der Waals surface area contributed by atoms with E-state index in [2.05, 4.69) is 56.4 Å². The number of halogens is 2. The Morgan fingerprint density at radius 1 is 1.00 bits per heavy atom. The van der Waals surface area contributed by atoms with Crippen LogP contribution in [0.4, 0.5) is 10.1 Å². The van der Waals surface area contributed by atoms with Gasteiger partial charge in [0, 0.05) is 71.9 Å². The summed E-state index contributed by atoms with van der Waals surface area (Å²) < 4.78 is 14.8. The van der Waals surface area contributed by atoms with Crippen molar-refractivity contribution in [1.82, 2.24) is 15.3 Å². The van der Waals surface area contributed by atoms with E-state index in [1.165, 1.54) is 23.4 Å². The number of rotatable bonds is 4. The normalized spacial score (nSPS) is 19.8. The second-order valence-electron chi connectivity index (χ2n) is 9.86. The zero-order chi connectivity index (χ0) is 25.4. The number of nitrogens with zero attached hydrogens (tertiary/aromatic N) is 4. The zero-order valence-corrected chi connectivity index (χ0v) is 21.3. The van der Waals surface area contributed by atoms with Gasteiger partial charge in [-0.3, -0.25) is 4.99 Å². The lowest BCUT2D eigenvalue weighted by Crippen LogP contribution is -2.43. The van der Waals surface area contributed by atoms with Crippen molar-refractivity contribution in [3.8, 4) is 11.3 Å². The number of piperazine rings is 1. The minimum Gasteiger partial charge on any atom is -0.369 e. The first-order valence-electron chi connectivity index (χ1n) is 12.5. The SMILES string of the molecule is CC1(c2ccc(N3CCNCC3)cc2)C=NC=C(c2cc(-c3cc(Cl)ccc3F)nc3ncccc23)C1. The highest BCUT2D eigenvalue weighted by Crippen LogP contribution is 2.40. The van der Waals surface area contributed by atoms with Crippen LogP contribution in [0.1, 0.15) is 24.5 Å². The van der Waals surface area contributed by atoms with Crippen molar-refractivity contribution >= 4 is 40.1 Å². The second-order valence-corrected chi connectivity index (χ2v) is 10.3. The summed E-state index contributed by atoms with van der Waals surface area (Å²) in [5, 5.41) is 4.77. The van der Waals surface area contributed by atoms with Crippen LogP contribution in [0, 0.1) is 5.82 Å². The molecule has 7 heteroatoms. The highest BCUT2D eigenvalue weighted by molar-refractivity contribution is 6.30. The standard InChI is InChI=1S/C30H27ClFN5/c1-30(21-4-7-23(8-5-21)37-13-11-33-12-14-37)17-20(18-34-19-30)25-16-28(26-15-22(31)6-9-27(26)32)36-29-24(25)3-2-10-35-29/h2-10,15-16,18-19,33H,11-14,17H2,1H3. The van der Waals surface area contributed by atoms with E-state index in [1.807, 2.05) is 30.6 Å². The fourth-order valence-electron chi connectivity index (χ4n) is 5.25. The molecule has 186 valence electrons. The smallest absolute Gasteiger partial charge is 0.160 e. The minimum absolute atomic E-state index is 0.286. The van der Waals surface area contributed by atoms with Crippen LogP contribution in [0.5, 0.6) is 0 Å². The first kappa shape index (κ1) is 23.8. The Bertz CT molecular complexity index is 1530. The van der Waals surface area contributed by atoms with Crippen molar-refractivity contribution in [2.24, 2.45) is 4.99 Å². The molecule has 0 aliphatic carbocycles. The van der Waals surface area contributed by atoms with Crippen molar-refractivity contribution in [2.75, 3.05) is 31.1 Å². The van der Waals surface area contributed by atoms with Gasteiger partial charge in [0.05, 0.1) is 5.69 Å². The molecule has 6 rings (SSSR count). The van der Waals surface area contributed by atoms with Gasteiger partial charge in [-0.05, 0) is 71.7 Å². The summed E-state index contributed by atoms with van der Waals surface area (Å²) in [4.78, 5) is 16.2. The Labute approximate surface area is 220 Å². The average molecular weight is 512 g/mol. The number of hydrogen-bond donors (Lipinski definition) is 1. The van der Waals surface area contributed by atoms with Gasteiger partial charge in [-0.1, -0.05) is 30.7 Å². The van der Waals surface area contributed by atoms with Crippen LogP contribution in [-0.4, -0.2) is 42.4 Å². The van der Waals surface area contributed by atoms with Crippen LogP contribution in [0.2, 0.25) is 5.02 Å². The van der Waals surface area contributed by atoms with Crippen molar-refractivity contribution in [2.45, 2.75) is 18.8 Å². The molecule has 2 aromatic carbocycles. The van der Waals surface area contributed by atoms with Gasteiger partial charge >= 0.3 is 0 Å². The third-order valence-electron chi connectivity index (χ3n) is 7.29. The molecule has 1 unspecified atom stereocenters. The van der Waals surface area contributed by atoms with Crippen LogP contribution in [0.3, 0.4) is 0 Å². The fraction of sp³-hybridized carbons (Fsp3) is 0.233. The van der Waals surface area contributed by atoms with Gasteiger partial charge in [-0.15, -0.1) is 0 Å². The Morgan fingerprint density at radius 3 is 2.62 bits per heavy atom.